The van der Waals surface area contributed by atoms with Crippen LogP contribution in [0, 0.1) is 13.8 Å². The molecule has 0 N–H and O–H groups in total. The molecular weight excluding hydrogens is 643 g/mol. The minimum atomic E-state index is -0.00230. The fraction of sp³-hybridized carbons (Fsp3) is 0.157. The molecule has 0 atom stereocenters. The Bertz CT molecular complexity index is 2620. The number of nitrogens with zero attached hydrogens (tertiary/aromatic N) is 1. The van der Waals surface area contributed by atoms with E-state index in [1.165, 1.54) is 71.6 Å². The van der Waals surface area contributed by atoms with Crippen LogP contribution in [0.3, 0.4) is 0 Å². The summed E-state index contributed by atoms with van der Waals surface area (Å²) in [5.41, 5.74) is 13.9. The quantitative estimate of drug-likeness (QED) is 0.184. The molecule has 0 amide bonds. The highest BCUT2D eigenvalue weighted by Crippen LogP contribution is 2.53. The number of aromatic nitrogens is 1. The van der Waals surface area contributed by atoms with Crippen LogP contribution in [-0.2, 0) is 5.41 Å². The minimum Gasteiger partial charge on any atom is -0.456 e. The van der Waals surface area contributed by atoms with E-state index in [0.29, 0.717) is 5.92 Å². The van der Waals surface area contributed by atoms with Crippen molar-refractivity contribution in [3.05, 3.63) is 186 Å². The van der Waals surface area contributed by atoms with Gasteiger partial charge in [-0.2, -0.15) is 0 Å². The summed E-state index contributed by atoms with van der Waals surface area (Å²) in [5.74, 6) is 1.31. The zero-order valence-corrected chi connectivity index (χ0v) is 31.7. The fourth-order valence-electron chi connectivity index (χ4n) is 7.64. The molecule has 2 nitrogen and oxygen atoms in total. The van der Waals surface area contributed by atoms with Gasteiger partial charge in [0.25, 0.3) is 0 Å². The standard InChI is InChI=1S/C25H21N.C15H16O.C11H10/c1-16-10-11-20-22(13-16)25(2,3)23-14-21(17-7-6-12-26-15-17)18-8-4-5-9-19(18)24(20)23;1-5-12-13-9-11(10(3)4)7-8-15(13)16-14(12)6-2;1-9-6-7-10-4-2-3-5-11(10)8-9/h4-15H,1-3H3;5-10H,1-2H2,3-4H3;2-8H,1H3. The van der Waals surface area contributed by atoms with Crippen LogP contribution in [0.2, 0.25) is 0 Å². The molecular formula is C51H47NO. The molecule has 9 rings (SSSR count). The van der Waals surface area contributed by atoms with E-state index in [4.69, 9.17) is 4.42 Å². The van der Waals surface area contributed by atoms with Crippen LogP contribution >= 0.6 is 0 Å². The van der Waals surface area contributed by atoms with E-state index < -0.39 is 0 Å². The second kappa shape index (κ2) is 14.6. The molecule has 1 aliphatic carbocycles. The topological polar surface area (TPSA) is 26.0 Å². The zero-order chi connectivity index (χ0) is 37.3. The smallest absolute Gasteiger partial charge is 0.135 e. The van der Waals surface area contributed by atoms with Crippen molar-refractivity contribution in [2.24, 2.45) is 0 Å². The van der Waals surface area contributed by atoms with Gasteiger partial charge >= 0.3 is 0 Å². The lowest BCUT2D eigenvalue weighted by atomic mass is 9.80. The molecule has 2 aromatic heterocycles. The van der Waals surface area contributed by atoms with Gasteiger partial charge < -0.3 is 4.42 Å². The number of pyridine rings is 1. The zero-order valence-electron chi connectivity index (χ0n) is 31.7. The largest absolute Gasteiger partial charge is 0.456 e. The van der Waals surface area contributed by atoms with E-state index in [0.717, 1.165) is 22.3 Å². The summed E-state index contributed by atoms with van der Waals surface area (Å²) >= 11 is 0. The first kappa shape index (κ1) is 35.4. The van der Waals surface area contributed by atoms with Crippen molar-refractivity contribution in [2.75, 3.05) is 0 Å². The lowest BCUT2D eigenvalue weighted by Crippen LogP contribution is -2.15. The molecule has 0 radical (unpaired) electrons. The Morgan fingerprint density at radius 2 is 1.36 bits per heavy atom. The average molecular weight is 690 g/mol. The Hall–Kier alpha value is -5.99. The molecule has 0 unspecified atom stereocenters. The van der Waals surface area contributed by atoms with E-state index in [2.05, 4.69) is 169 Å². The second-order valence-electron chi connectivity index (χ2n) is 14.9. The third-order valence-electron chi connectivity index (χ3n) is 10.5. The molecule has 6 aromatic carbocycles. The highest BCUT2D eigenvalue weighted by molar-refractivity contribution is 6.09. The fourth-order valence-corrected chi connectivity index (χ4v) is 7.64. The summed E-state index contributed by atoms with van der Waals surface area (Å²) in [4.78, 5) is 4.35. The average Bonchev–Trinajstić information content (AvgIpc) is 3.65. The van der Waals surface area contributed by atoms with Gasteiger partial charge in [0.2, 0.25) is 0 Å². The van der Waals surface area contributed by atoms with Crippen molar-refractivity contribution in [3.63, 3.8) is 0 Å². The molecule has 0 aliphatic heterocycles. The number of aryl methyl sites for hydroxylation is 2. The maximum Gasteiger partial charge on any atom is 0.135 e. The Balaban J connectivity index is 0.000000137. The van der Waals surface area contributed by atoms with Gasteiger partial charge in [-0.3, -0.25) is 4.98 Å². The van der Waals surface area contributed by atoms with Crippen LogP contribution in [0.25, 0.3) is 66.9 Å². The van der Waals surface area contributed by atoms with E-state index in [1.54, 1.807) is 6.08 Å². The van der Waals surface area contributed by atoms with E-state index >= 15 is 0 Å². The Labute approximate surface area is 314 Å². The summed E-state index contributed by atoms with van der Waals surface area (Å²) in [7, 11) is 0. The SMILES string of the molecule is C=Cc1oc2ccc(C(C)C)cc2c1C=C.Cc1ccc2c(c1)C(C)(C)c1cc(-c3cccnc3)c3ccccc3c1-2.Cc1ccc2ccccc2c1. The van der Waals surface area contributed by atoms with Gasteiger partial charge in [0.05, 0.1) is 0 Å². The predicted octanol–water partition coefficient (Wildman–Crippen LogP) is 14.5. The first-order valence-electron chi connectivity index (χ1n) is 18.5. The summed E-state index contributed by atoms with van der Waals surface area (Å²) in [6.07, 6.45) is 7.36. The number of furan rings is 1. The second-order valence-corrected chi connectivity index (χ2v) is 14.9. The van der Waals surface area contributed by atoms with Crippen LogP contribution in [0.15, 0.2) is 151 Å². The van der Waals surface area contributed by atoms with Crippen molar-refractivity contribution < 1.29 is 4.42 Å². The van der Waals surface area contributed by atoms with Gasteiger partial charge in [-0.25, -0.2) is 0 Å². The summed E-state index contributed by atoms with van der Waals surface area (Å²) < 4.78 is 5.68. The van der Waals surface area contributed by atoms with Crippen LogP contribution in [0.4, 0.5) is 0 Å². The molecule has 2 heteroatoms. The molecule has 0 bridgehead atoms. The Kier molecular flexibility index (Phi) is 9.73. The maximum absolute atomic E-state index is 5.68. The summed E-state index contributed by atoms with van der Waals surface area (Å²) in [5, 5.41) is 6.39. The summed E-state index contributed by atoms with van der Waals surface area (Å²) in [6.45, 7) is 20.9. The number of benzene rings is 6. The van der Waals surface area contributed by atoms with Crippen LogP contribution in [0.1, 0.15) is 72.8 Å². The van der Waals surface area contributed by atoms with Gasteiger partial charge in [0.1, 0.15) is 11.3 Å². The van der Waals surface area contributed by atoms with Crippen molar-refractivity contribution >= 4 is 44.7 Å². The van der Waals surface area contributed by atoms with Crippen molar-refractivity contribution in [3.8, 4) is 22.3 Å². The van der Waals surface area contributed by atoms with E-state index in [-0.39, 0.29) is 5.41 Å². The van der Waals surface area contributed by atoms with Crippen LogP contribution < -0.4 is 0 Å². The minimum absolute atomic E-state index is 0.00230. The third kappa shape index (κ3) is 6.74. The molecule has 1 aliphatic rings. The van der Waals surface area contributed by atoms with E-state index in [1.807, 2.05) is 30.6 Å². The highest BCUT2D eigenvalue weighted by Gasteiger charge is 2.37. The van der Waals surface area contributed by atoms with Gasteiger partial charge in [-0.15, -0.1) is 0 Å². The number of rotatable bonds is 4. The molecule has 8 aromatic rings. The predicted molar refractivity (Wildman–Crippen MR) is 229 cm³/mol. The normalized spacial score (nSPS) is 12.4. The van der Waals surface area contributed by atoms with E-state index in [9.17, 15) is 0 Å². The van der Waals surface area contributed by atoms with Gasteiger partial charge in [0.15, 0.2) is 0 Å². The van der Waals surface area contributed by atoms with Gasteiger partial charge in [0, 0.05) is 34.3 Å². The molecule has 0 fully saturated rings. The van der Waals surface area contributed by atoms with Crippen molar-refractivity contribution in [1.29, 1.82) is 0 Å². The third-order valence-corrected chi connectivity index (χ3v) is 10.5. The molecule has 262 valence electrons. The molecule has 0 saturated carbocycles. The number of hydrogen-bond acceptors (Lipinski definition) is 2. The van der Waals surface area contributed by atoms with Crippen LogP contribution in [-0.4, -0.2) is 4.98 Å². The number of hydrogen-bond donors (Lipinski definition) is 0. The van der Waals surface area contributed by atoms with Crippen LogP contribution in [0.5, 0.6) is 0 Å². The highest BCUT2D eigenvalue weighted by atomic mass is 16.3. The Morgan fingerprint density at radius 1 is 0.642 bits per heavy atom. The van der Waals surface area contributed by atoms with Crippen molar-refractivity contribution in [1.82, 2.24) is 4.98 Å². The molecule has 0 spiro atoms. The Morgan fingerprint density at radius 3 is 2.08 bits per heavy atom. The lowest BCUT2D eigenvalue weighted by Gasteiger charge is -2.23. The first-order chi connectivity index (χ1) is 25.6. The monoisotopic (exact) mass is 689 g/mol. The molecule has 0 saturated heterocycles. The molecule has 53 heavy (non-hydrogen) atoms. The number of fused-ring (bicyclic) bond motifs is 7. The maximum atomic E-state index is 5.68. The lowest BCUT2D eigenvalue weighted by molar-refractivity contribution is 0.603. The first-order valence-corrected chi connectivity index (χ1v) is 18.5. The van der Waals surface area contributed by atoms with Gasteiger partial charge in [-0.1, -0.05) is 155 Å². The molecule has 2 heterocycles. The summed E-state index contributed by atoms with van der Waals surface area (Å²) in [6, 6.07) is 43.4. The van der Waals surface area contributed by atoms with Crippen molar-refractivity contribution in [2.45, 2.75) is 52.9 Å². The van der Waals surface area contributed by atoms with Gasteiger partial charge in [-0.05, 0) is 105 Å².